The Hall–Kier alpha value is -3.32. The Morgan fingerprint density at radius 3 is 2.43 bits per heavy atom. The topological polar surface area (TPSA) is 58.6 Å². The van der Waals surface area contributed by atoms with Crippen LogP contribution < -0.4 is 4.74 Å². The zero-order chi connectivity index (χ0) is 20.8. The Morgan fingerprint density at radius 1 is 0.900 bits per heavy atom. The number of carbonyl (C=O) groups is 1. The fraction of sp³-hybridized carbons (Fsp3) is 0.261. The van der Waals surface area contributed by atoms with Gasteiger partial charge in [0.25, 0.3) is 0 Å². The molecule has 0 atom stereocenters. The van der Waals surface area contributed by atoms with Gasteiger partial charge in [0.05, 0.1) is 0 Å². The van der Waals surface area contributed by atoms with Crippen LogP contribution in [0.4, 0.5) is 4.39 Å². The van der Waals surface area contributed by atoms with E-state index in [2.05, 4.69) is 14.9 Å². The van der Waals surface area contributed by atoms with Crippen LogP contribution in [0.25, 0.3) is 0 Å². The van der Waals surface area contributed by atoms with Crippen LogP contribution in [0.1, 0.15) is 17.5 Å². The minimum Gasteiger partial charge on any atom is -0.424 e. The molecule has 0 N–H and O–H groups in total. The summed E-state index contributed by atoms with van der Waals surface area (Å²) in [6.07, 6.45) is 3.70. The Morgan fingerprint density at radius 2 is 1.67 bits per heavy atom. The number of hydrogen-bond donors (Lipinski definition) is 0. The molecular formula is C23H23FN4O2. The first-order valence-electron chi connectivity index (χ1n) is 9.95. The number of hydrogen-bond acceptors (Lipinski definition) is 5. The van der Waals surface area contributed by atoms with Gasteiger partial charge in [-0.15, -0.1) is 0 Å². The summed E-state index contributed by atoms with van der Waals surface area (Å²) in [6.45, 7) is 3.06. The predicted molar refractivity (Wildman–Crippen MR) is 110 cm³/mol. The van der Waals surface area contributed by atoms with E-state index in [0.717, 1.165) is 18.7 Å². The summed E-state index contributed by atoms with van der Waals surface area (Å²) in [5, 5.41) is 0. The molecule has 7 heteroatoms. The van der Waals surface area contributed by atoms with Crippen molar-refractivity contribution in [3.8, 4) is 11.8 Å². The number of aromatic nitrogens is 2. The van der Waals surface area contributed by atoms with Crippen molar-refractivity contribution in [3.05, 3.63) is 83.9 Å². The molecule has 3 aromatic rings. The lowest BCUT2D eigenvalue weighted by molar-refractivity contribution is -0.131. The molecule has 1 aliphatic rings. The zero-order valence-electron chi connectivity index (χ0n) is 16.6. The molecule has 0 unspecified atom stereocenters. The molecule has 0 bridgehead atoms. The second-order valence-electron chi connectivity index (χ2n) is 7.21. The van der Waals surface area contributed by atoms with Crippen molar-refractivity contribution < 1.29 is 13.9 Å². The average Bonchev–Trinajstić information content (AvgIpc) is 2.94. The van der Waals surface area contributed by atoms with E-state index < -0.39 is 0 Å². The first-order chi connectivity index (χ1) is 14.7. The molecule has 154 valence electrons. The molecule has 2 aromatic carbocycles. The van der Waals surface area contributed by atoms with E-state index in [1.807, 2.05) is 24.3 Å². The lowest BCUT2D eigenvalue weighted by Crippen LogP contribution is -2.33. The second-order valence-corrected chi connectivity index (χ2v) is 7.21. The highest BCUT2D eigenvalue weighted by atomic mass is 19.1. The fourth-order valence-electron chi connectivity index (χ4n) is 3.43. The van der Waals surface area contributed by atoms with E-state index in [1.54, 1.807) is 41.6 Å². The molecule has 0 aliphatic carbocycles. The van der Waals surface area contributed by atoms with E-state index in [-0.39, 0.29) is 11.7 Å². The Kier molecular flexibility index (Phi) is 6.29. The van der Waals surface area contributed by atoms with Gasteiger partial charge in [0, 0.05) is 57.1 Å². The van der Waals surface area contributed by atoms with Crippen molar-refractivity contribution in [1.29, 1.82) is 0 Å². The second kappa shape index (κ2) is 9.45. The van der Waals surface area contributed by atoms with Gasteiger partial charge in [-0.1, -0.05) is 30.3 Å². The lowest BCUT2D eigenvalue weighted by atomic mass is 10.2. The maximum absolute atomic E-state index is 13.9. The third-order valence-electron chi connectivity index (χ3n) is 5.08. The van der Waals surface area contributed by atoms with E-state index in [1.165, 1.54) is 6.07 Å². The van der Waals surface area contributed by atoms with Crippen LogP contribution in [0.15, 0.2) is 67.0 Å². The predicted octanol–water partition coefficient (Wildman–Crippen LogP) is 3.64. The standard InChI is InChI=1S/C23H23FN4O2/c24-21-5-2-1-4-19(21)17-28-15-14-27(13-10-22(28)29)16-18-6-8-20(9-7-18)30-23-25-11-3-12-26-23/h1-9,11-12H,10,13-17H2. The molecule has 30 heavy (non-hydrogen) atoms. The maximum atomic E-state index is 13.9. The third-order valence-corrected chi connectivity index (χ3v) is 5.08. The first-order valence-corrected chi connectivity index (χ1v) is 9.95. The Bertz CT molecular complexity index is 982. The number of amides is 1. The van der Waals surface area contributed by atoms with Gasteiger partial charge >= 0.3 is 6.01 Å². The van der Waals surface area contributed by atoms with E-state index in [4.69, 9.17) is 4.74 Å². The molecule has 1 aliphatic heterocycles. The fourth-order valence-corrected chi connectivity index (χ4v) is 3.43. The van der Waals surface area contributed by atoms with Crippen molar-refractivity contribution >= 4 is 5.91 Å². The maximum Gasteiger partial charge on any atom is 0.321 e. The minimum absolute atomic E-state index is 0.0624. The molecule has 1 amide bonds. The summed E-state index contributed by atoms with van der Waals surface area (Å²) >= 11 is 0. The summed E-state index contributed by atoms with van der Waals surface area (Å²) in [5.41, 5.74) is 1.68. The SMILES string of the molecule is O=C1CCN(Cc2ccc(Oc3ncccn3)cc2)CCN1Cc1ccccc1F. The highest BCUT2D eigenvalue weighted by Gasteiger charge is 2.22. The minimum atomic E-state index is -0.269. The van der Waals surface area contributed by atoms with Gasteiger partial charge in [-0.05, 0) is 29.8 Å². The number of rotatable bonds is 6. The van der Waals surface area contributed by atoms with Crippen LogP contribution in [0.2, 0.25) is 0 Å². The quantitative estimate of drug-likeness (QED) is 0.626. The summed E-state index contributed by atoms with van der Waals surface area (Å²) in [4.78, 5) is 24.6. The number of nitrogens with zero attached hydrogens (tertiary/aromatic N) is 4. The molecule has 0 radical (unpaired) electrons. The van der Waals surface area contributed by atoms with Crippen LogP contribution in [0.3, 0.4) is 0 Å². The monoisotopic (exact) mass is 406 g/mol. The lowest BCUT2D eigenvalue weighted by Gasteiger charge is -2.22. The van der Waals surface area contributed by atoms with Gasteiger partial charge in [-0.3, -0.25) is 9.69 Å². The number of halogens is 1. The van der Waals surface area contributed by atoms with E-state index >= 15 is 0 Å². The largest absolute Gasteiger partial charge is 0.424 e. The molecule has 0 saturated carbocycles. The third kappa shape index (κ3) is 5.18. The molecular weight excluding hydrogens is 383 g/mol. The molecule has 6 nitrogen and oxygen atoms in total. The summed E-state index contributed by atoms with van der Waals surface area (Å²) in [7, 11) is 0. The number of benzene rings is 2. The zero-order valence-corrected chi connectivity index (χ0v) is 16.6. The van der Waals surface area contributed by atoms with Crippen molar-refractivity contribution in [1.82, 2.24) is 19.8 Å². The Labute approximate surface area is 174 Å². The van der Waals surface area contributed by atoms with Crippen molar-refractivity contribution in [2.45, 2.75) is 19.5 Å². The van der Waals surface area contributed by atoms with Crippen LogP contribution in [-0.2, 0) is 17.9 Å². The van der Waals surface area contributed by atoms with Gasteiger partial charge in [0.2, 0.25) is 5.91 Å². The van der Waals surface area contributed by atoms with Crippen LogP contribution in [0, 0.1) is 5.82 Å². The van der Waals surface area contributed by atoms with Crippen molar-refractivity contribution in [3.63, 3.8) is 0 Å². The van der Waals surface area contributed by atoms with Crippen molar-refractivity contribution in [2.24, 2.45) is 0 Å². The number of ether oxygens (including phenoxy) is 1. The first kappa shape index (κ1) is 20.0. The molecule has 1 saturated heterocycles. The van der Waals surface area contributed by atoms with E-state index in [9.17, 15) is 9.18 Å². The highest BCUT2D eigenvalue weighted by Crippen LogP contribution is 2.19. The molecule has 0 spiro atoms. The van der Waals surface area contributed by atoms with Crippen LogP contribution >= 0.6 is 0 Å². The average molecular weight is 406 g/mol. The summed E-state index contributed by atoms with van der Waals surface area (Å²) in [6, 6.07) is 16.4. The summed E-state index contributed by atoms with van der Waals surface area (Å²) in [5.74, 6) is 0.467. The normalized spacial score (nSPS) is 15.1. The smallest absolute Gasteiger partial charge is 0.321 e. The highest BCUT2D eigenvalue weighted by molar-refractivity contribution is 5.76. The molecule has 4 rings (SSSR count). The molecule has 1 fully saturated rings. The van der Waals surface area contributed by atoms with Crippen molar-refractivity contribution in [2.75, 3.05) is 19.6 Å². The van der Waals surface area contributed by atoms with E-state index in [0.29, 0.717) is 43.4 Å². The van der Waals surface area contributed by atoms with Gasteiger partial charge in [0.15, 0.2) is 0 Å². The Balaban J connectivity index is 1.33. The van der Waals surface area contributed by atoms with Gasteiger partial charge in [0.1, 0.15) is 11.6 Å². The van der Waals surface area contributed by atoms with Gasteiger partial charge in [-0.2, -0.15) is 0 Å². The van der Waals surface area contributed by atoms with Gasteiger partial charge in [-0.25, -0.2) is 14.4 Å². The van der Waals surface area contributed by atoms with Crippen LogP contribution in [-0.4, -0.2) is 45.3 Å². The van der Waals surface area contributed by atoms with Crippen LogP contribution in [0.5, 0.6) is 11.8 Å². The molecule has 1 aromatic heterocycles. The number of carbonyl (C=O) groups excluding carboxylic acids is 1. The summed E-state index contributed by atoms with van der Waals surface area (Å²) < 4.78 is 19.6. The van der Waals surface area contributed by atoms with Gasteiger partial charge < -0.3 is 9.64 Å². The molecule has 2 heterocycles.